The number of carboxylic acid groups (broad SMARTS) is 2. The van der Waals surface area contributed by atoms with Gasteiger partial charge >= 0.3 is 11.9 Å². The molecule has 102 heavy (non-hydrogen) atoms. The highest BCUT2D eigenvalue weighted by Crippen LogP contribution is 2.42. The molecule has 588 valence electrons. The van der Waals surface area contributed by atoms with Crippen LogP contribution in [0.15, 0.2) is 0 Å². The first kappa shape index (κ1) is 84.7. The van der Waals surface area contributed by atoms with Crippen LogP contribution in [0.2, 0.25) is 0 Å². The summed E-state index contributed by atoms with van der Waals surface area (Å²) in [5, 5.41) is 260. The van der Waals surface area contributed by atoms with Gasteiger partial charge in [-0.25, -0.2) is 9.59 Å². The van der Waals surface area contributed by atoms with Gasteiger partial charge < -0.3 is 200 Å². The first-order valence-electron chi connectivity index (χ1n) is 31.9. The highest BCUT2D eigenvalue weighted by atomic mass is 16.8. The van der Waals surface area contributed by atoms with Crippen molar-refractivity contribution in [1.82, 2.24) is 21.3 Å². The average molecular weight is 1490 g/mol. The minimum absolute atomic E-state index is 0.847. The highest BCUT2D eigenvalue weighted by Gasteiger charge is 2.64. The summed E-state index contributed by atoms with van der Waals surface area (Å²) in [5.41, 5.74) is 0. The van der Waals surface area contributed by atoms with E-state index in [0.717, 1.165) is 27.7 Å². The van der Waals surface area contributed by atoms with Gasteiger partial charge in [-0.2, -0.15) is 0 Å². The second kappa shape index (κ2) is 35.9. The molecule has 46 nitrogen and oxygen atoms in total. The second-order valence-corrected chi connectivity index (χ2v) is 25.4. The van der Waals surface area contributed by atoms with Gasteiger partial charge in [0, 0.05) is 40.5 Å². The molecule has 0 spiro atoms. The van der Waals surface area contributed by atoms with E-state index >= 15 is 0 Å². The fourth-order valence-electron chi connectivity index (χ4n) is 12.9. The molecule has 7 aliphatic heterocycles. The third-order valence-electron chi connectivity index (χ3n) is 18.1. The summed E-state index contributed by atoms with van der Waals surface area (Å²) in [6.45, 7) is -4.19. The average Bonchev–Trinajstić information content (AvgIpc) is 0.756. The quantitative estimate of drug-likeness (QED) is 0.0331. The number of carbonyl (C=O) groups is 6. The number of aliphatic hydroxyl groups is 21. The van der Waals surface area contributed by atoms with E-state index in [9.17, 15) is 146 Å². The van der Waals surface area contributed by atoms with Gasteiger partial charge in [0.1, 0.15) is 159 Å². The molecule has 7 aliphatic rings. The van der Waals surface area contributed by atoms with Crippen molar-refractivity contribution in [2.75, 3.05) is 46.2 Å². The summed E-state index contributed by atoms with van der Waals surface area (Å²) < 4.78 is 74.6. The molecular formula is C56H92N4O42. The molecule has 0 aromatic heterocycles. The Morgan fingerprint density at radius 2 is 0.735 bits per heavy atom. The van der Waals surface area contributed by atoms with Crippen molar-refractivity contribution in [2.45, 2.75) is 266 Å². The van der Waals surface area contributed by atoms with Crippen molar-refractivity contribution >= 4 is 35.6 Å². The molecule has 0 saturated carbocycles. The number of nitrogens with one attached hydrogen (secondary N) is 4. The zero-order valence-corrected chi connectivity index (χ0v) is 54.6. The summed E-state index contributed by atoms with van der Waals surface area (Å²) in [5.74, 6) is -14.3. The van der Waals surface area contributed by atoms with Crippen LogP contribution in [0.4, 0.5) is 0 Å². The zero-order valence-electron chi connectivity index (χ0n) is 54.6. The van der Waals surface area contributed by atoms with Crippen LogP contribution in [-0.2, 0) is 90.3 Å². The van der Waals surface area contributed by atoms with Gasteiger partial charge in [-0.3, -0.25) is 19.2 Å². The molecule has 7 heterocycles. The Hall–Kier alpha value is -4.54. The summed E-state index contributed by atoms with van der Waals surface area (Å²) in [6.07, 6.45) is -69.0. The van der Waals surface area contributed by atoms with E-state index in [-0.39, 0.29) is 0 Å². The van der Waals surface area contributed by atoms with Crippen LogP contribution in [0, 0.1) is 0 Å². The maximum absolute atomic E-state index is 13.1. The smallest absolute Gasteiger partial charge is 0.364 e. The van der Waals surface area contributed by atoms with Gasteiger partial charge in [-0.1, -0.05) is 0 Å². The maximum atomic E-state index is 13.1. The minimum atomic E-state index is -3.24. The van der Waals surface area contributed by atoms with Gasteiger partial charge in [0.15, 0.2) is 31.5 Å². The molecular weight excluding hydrogens is 1400 g/mol. The molecule has 0 bridgehead atoms. The van der Waals surface area contributed by atoms with E-state index in [1.165, 1.54) is 0 Å². The Morgan fingerprint density at radius 3 is 1.09 bits per heavy atom. The molecule has 46 heteroatoms. The summed E-state index contributed by atoms with van der Waals surface area (Å²) >= 11 is 0. The van der Waals surface area contributed by atoms with Crippen LogP contribution < -0.4 is 21.3 Å². The third-order valence-corrected chi connectivity index (χ3v) is 18.1. The van der Waals surface area contributed by atoms with Crippen LogP contribution in [0.3, 0.4) is 0 Å². The summed E-state index contributed by atoms with van der Waals surface area (Å²) in [6, 6.07) is -7.19. The summed E-state index contributed by atoms with van der Waals surface area (Å²) in [4.78, 5) is 75.9. The van der Waals surface area contributed by atoms with E-state index in [1.54, 1.807) is 0 Å². The fraction of sp³-hybridized carbons (Fsp3) is 0.893. The molecule has 0 aromatic carbocycles. The maximum Gasteiger partial charge on any atom is 0.364 e. The number of hydrogen-bond donors (Lipinski definition) is 27. The number of carbonyl (C=O) groups excluding carboxylic acids is 4. The Morgan fingerprint density at radius 1 is 0.402 bits per heavy atom. The molecule has 0 radical (unpaired) electrons. The monoisotopic (exact) mass is 1490 g/mol. The molecule has 4 amide bonds. The number of aliphatic carboxylic acids is 2. The van der Waals surface area contributed by atoms with Gasteiger partial charge in [-0.05, 0) is 0 Å². The van der Waals surface area contributed by atoms with E-state index in [1.807, 2.05) is 0 Å². The largest absolute Gasteiger partial charge is 0.477 e. The van der Waals surface area contributed by atoms with Crippen molar-refractivity contribution in [2.24, 2.45) is 0 Å². The number of hydrogen-bond acceptors (Lipinski definition) is 40. The van der Waals surface area contributed by atoms with Crippen LogP contribution in [-0.4, -0.2) is 425 Å². The van der Waals surface area contributed by atoms with Crippen molar-refractivity contribution in [3.05, 3.63) is 0 Å². The first-order chi connectivity index (χ1) is 47.9. The highest BCUT2D eigenvalue weighted by molar-refractivity contribution is 5.78. The van der Waals surface area contributed by atoms with Crippen molar-refractivity contribution in [3.63, 3.8) is 0 Å². The molecule has 27 N–H and O–H groups in total. The number of carboxylic acids is 2. The van der Waals surface area contributed by atoms with E-state index in [2.05, 4.69) is 21.3 Å². The Kier molecular flexibility index (Phi) is 29.8. The Balaban J connectivity index is 1.07. The second-order valence-electron chi connectivity index (χ2n) is 25.4. The van der Waals surface area contributed by atoms with Crippen molar-refractivity contribution in [3.8, 4) is 0 Å². The van der Waals surface area contributed by atoms with Gasteiger partial charge in [-0.15, -0.1) is 0 Å². The van der Waals surface area contributed by atoms with Gasteiger partial charge in [0.05, 0.1) is 70.5 Å². The van der Waals surface area contributed by atoms with Crippen molar-refractivity contribution < 1.29 is 208 Å². The third kappa shape index (κ3) is 18.5. The van der Waals surface area contributed by atoms with E-state index in [4.69, 9.17) is 61.6 Å². The van der Waals surface area contributed by atoms with Crippen LogP contribution in [0.5, 0.6) is 0 Å². The molecule has 7 saturated heterocycles. The first-order valence-corrected chi connectivity index (χ1v) is 31.9. The molecule has 7 rings (SSSR count). The lowest BCUT2D eigenvalue weighted by Crippen LogP contribution is -2.71. The summed E-state index contributed by atoms with van der Waals surface area (Å²) in [7, 11) is 0. The topological polar surface area (TPSA) is 736 Å². The SMILES string of the molecule is CC(=O)N[C@@H]1[C@H](O[C@H]2[C@@H](O)[C@@H](CO[C@@H]3O[C@H](CO)[C@@H](O[C@@H]4O[C@H](CO)[C@H](O)[C@H](O[C@]5(C(=O)O)C[C@H](O)[C@@H](NC(C)=O)[C@H]([C@H](O)[C@H](O)CO)O5)[C@H]4O)[C@H](O)[C@H]3NC(C)=O)OC(O)[C@@H]2O)O[C@H](CO)[C@@H](O[C@@H]2O[C@H](CO)[C@H](O)[C@H](O[C@]3(C(=O)O)C[C@H](O)[C@@H](NC(C)=O)[C@H]([C@H](O)[C@H](O)CO)O3)[C@H]2O)[C@@H]1O. The van der Waals surface area contributed by atoms with E-state index < -0.39 is 321 Å². The number of rotatable bonds is 29. The minimum Gasteiger partial charge on any atom is -0.477 e. The normalized spacial score (nSPS) is 44.6. The predicted octanol–water partition coefficient (Wildman–Crippen LogP) is -17.3. The number of aliphatic hydroxyl groups excluding tert-OH is 21. The molecule has 37 atom stereocenters. The lowest BCUT2D eigenvalue weighted by atomic mass is 9.88. The van der Waals surface area contributed by atoms with Crippen LogP contribution in [0.25, 0.3) is 0 Å². The standard InChI is InChI=1S/C56H92N4O42/c1-14(67)57-27-18(71)5-55(53(86)87,99-43(27)31(75)20(73)7-61)101-46-33(77)22(9-63)92-51(39(46)83)96-41-24(11-65)94-49(29(36(41)80)59-16(3)69)90-13-26-35(79)45(38(82)48(85)91-26)98-50-30(60-17(4)70)37(81)42(25(12-66)95-50)97-52-40(84)47(34(78)23(10-64)93-52)102-56(54(88)89)6-19(72)28(58-15(2)68)44(100-56)32(76)21(74)8-62/h18-52,61-66,71-85H,5-13H2,1-4H3,(H,57,67)(H,58,68)(H,59,69)(H,60,70)(H,86,87)(H,88,89)/t18-,19-,20+,21+,22+,23+,24+,25+,26+,27+,28+,29+,30-,31+,32+,33-,34-,35-,36+,37+,38+,39+,40+,41+,42+,43+,44+,45-,46-,47-,48?,49+,50-,51-,52-,55-,56-/m0/s1. The molecule has 0 aliphatic carbocycles. The van der Waals surface area contributed by atoms with Crippen LogP contribution in [0.1, 0.15) is 40.5 Å². The van der Waals surface area contributed by atoms with Gasteiger partial charge in [0.2, 0.25) is 23.6 Å². The lowest BCUT2D eigenvalue weighted by molar-refractivity contribution is -0.387. The molecule has 1 unspecified atom stereocenters. The predicted molar refractivity (Wildman–Crippen MR) is 313 cm³/mol. The van der Waals surface area contributed by atoms with E-state index in [0.29, 0.717) is 0 Å². The molecule has 7 fully saturated rings. The van der Waals surface area contributed by atoms with Crippen LogP contribution >= 0.6 is 0 Å². The molecule has 0 aromatic rings. The number of ether oxygens (including phenoxy) is 13. The van der Waals surface area contributed by atoms with Crippen molar-refractivity contribution in [1.29, 1.82) is 0 Å². The zero-order chi connectivity index (χ0) is 76.1. The fourth-order valence-corrected chi connectivity index (χ4v) is 12.9. The lowest BCUT2D eigenvalue weighted by Gasteiger charge is -2.51. The number of amides is 4. The van der Waals surface area contributed by atoms with Gasteiger partial charge in [0.25, 0.3) is 11.6 Å². The Labute approximate surface area is 576 Å². The Bertz CT molecular complexity index is 2780.